The molecule has 1 aromatic carbocycles. The number of benzene rings is 1. The predicted molar refractivity (Wildman–Crippen MR) is 97.6 cm³/mol. The number of carbonyl (C=O) groups is 2. The van der Waals surface area contributed by atoms with Gasteiger partial charge in [-0.1, -0.05) is 35.3 Å². The molecule has 3 rings (SSSR count). The Morgan fingerprint density at radius 1 is 1.15 bits per heavy atom. The van der Waals surface area contributed by atoms with Crippen LogP contribution in [0, 0.1) is 5.82 Å². The van der Waals surface area contributed by atoms with E-state index in [1.807, 2.05) is 0 Å². The van der Waals surface area contributed by atoms with Crippen molar-refractivity contribution < 1.29 is 14.0 Å². The van der Waals surface area contributed by atoms with E-state index >= 15 is 0 Å². The number of carbonyl (C=O) groups excluding carboxylic acids is 2. The maximum atomic E-state index is 14.2. The highest BCUT2D eigenvalue weighted by Crippen LogP contribution is 2.30. The fourth-order valence-electron chi connectivity index (χ4n) is 2.89. The Hall–Kier alpha value is -2.18. The molecule has 5 nitrogen and oxygen atoms in total. The van der Waals surface area contributed by atoms with Gasteiger partial charge in [-0.3, -0.25) is 14.5 Å². The van der Waals surface area contributed by atoms with Gasteiger partial charge >= 0.3 is 0 Å². The number of amides is 2. The standard InChI is InChI=1S/C18H16Cl2FN3O2/c1-18(2)17(26)23(16-14(21)7-13(20)8-22-16)10-15(25)24(18)9-11-3-5-12(19)6-4-11/h3-8H,9-10H2,1-2H3. The molecule has 1 saturated heterocycles. The molecular weight excluding hydrogens is 380 g/mol. The van der Waals surface area contributed by atoms with E-state index in [0.29, 0.717) is 5.02 Å². The third-order valence-corrected chi connectivity index (χ3v) is 4.79. The Morgan fingerprint density at radius 2 is 1.81 bits per heavy atom. The van der Waals surface area contributed by atoms with Crippen molar-refractivity contribution in [1.29, 1.82) is 0 Å². The fraction of sp³-hybridized carbons (Fsp3) is 0.278. The first-order valence-electron chi connectivity index (χ1n) is 7.88. The highest BCUT2D eigenvalue weighted by Gasteiger charge is 2.47. The summed E-state index contributed by atoms with van der Waals surface area (Å²) in [5.41, 5.74) is -0.323. The van der Waals surface area contributed by atoms with Gasteiger partial charge in [0.15, 0.2) is 11.6 Å². The molecule has 0 radical (unpaired) electrons. The van der Waals surface area contributed by atoms with E-state index in [4.69, 9.17) is 23.2 Å². The first kappa shape index (κ1) is 18.6. The van der Waals surface area contributed by atoms with Crippen LogP contribution >= 0.6 is 23.2 Å². The Labute approximate surface area is 160 Å². The minimum absolute atomic E-state index is 0.116. The van der Waals surface area contributed by atoms with Gasteiger partial charge in [-0.15, -0.1) is 0 Å². The van der Waals surface area contributed by atoms with Crippen molar-refractivity contribution in [2.45, 2.75) is 25.9 Å². The van der Waals surface area contributed by atoms with Gasteiger partial charge in [0.2, 0.25) is 5.91 Å². The van der Waals surface area contributed by atoms with Crippen LogP contribution in [0.25, 0.3) is 0 Å². The molecule has 0 spiro atoms. The minimum atomic E-state index is -1.16. The van der Waals surface area contributed by atoms with E-state index in [9.17, 15) is 14.0 Å². The Morgan fingerprint density at radius 3 is 2.42 bits per heavy atom. The summed E-state index contributed by atoms with van der Waals surface area (Å²) in [4.78, 5) is 32.1. The fourth-order valence-corrected chi connectivity index (χ4v) is 3.16. The molecule has 1 fully saturated rings. The number of anilines is 1. The first-order valence-corrected chi connectivity index (χ1v) is 8.63. The Kier molecular flexibility index (Phi) is 4.90. The summed E-state index contributed by atoms with van der Waals surface area (Å²) in [5.74, 6) is -1.67. The van der Waals surface area contributed by atoms with Crippen molar-refractivity contribution in [3.05, 3.63) is 58.0 Å². The molecule has 1 aliphatic rings. The lowest BCUT2D eigenvalue weighted by atomic mass is 9.96. The van der Waals surface area contributed by atoms with E-state index in [-0.39, 0.29) is 29.8 Å². The molecule has 2 amide bonds. The number of rotatable bonds is 3. The van der Waals surface area contributed by atoms with Crippen molar-refractivity contribution in [1.82, 2.24) is 9.88 Å². The number of pyridine rings is 1. The lowest BCUT2D eigenvalue weighted by Gasteiger charge is -2.45. The van der Waals surface area contributed by atoms with Gasteiger partial charge in [0.05, 0.1) is 5.02 Å². The van der Waals surface area contributed by atoms with Gasteiger partial charge < -0.3 is 4.90 Å². The molecule has 0 atom stereocenters. The zero-order chi connectivity index (χ0) is 19.1. The molecule has 2 heterocycles. The lowest BCUT2D eigenvalue weighted by molar-refractivity contribution is -0.149. The van der Waals surface area contributed by atoms with Crippen LogP contribution in [0.5, 0.6) is 0 Å². The number of hydrogen-bond acceptors (Lipinski definition) is 3. The average molecular weight is 396 g/mol. The SMILES string of the molecule is CC1(C)C(=O)N(c2ncc(Cl)cc2F)CC(=O)N1Cc1ccc(Cl)cc1. The Balaban J connectivity index is 1.90. The van der Waals surface area contributed by atoms with Crippen LogP contribution in [0.1, 0.15) is 19.4 Å². The zero-order valence-corrected chi connectivity index (χ0v) is 15.7. The second-order valence-corrected chi connectivity index (χ2v) is 7.39. The molecule has 0 aliphatic carbocycles. The summed E-state index contributed by atoms with van der Waals surface area (Å²) in [5, 5.41) is 0.704. The van der Waals surface area contributed by atoms with Crippen molar-refractivity contribution in [3.63, 3.8) is 0 Å². The van der Waals surface area contributed by atoms with E-state index in [1.54, 1.807) is 38.1 Å². The van der Waals surface area contributed by atoms with Crippen LogP contribution in [0.15, 0.2) is 36.5 Å². The van der Waals surface area contributed by atoms with Crippen LogP contribution in [0.2, 0.25) is 10.0 Å². The molecule has 1 aliphatic heterocycles. The van der Waals surface area contributed by atoms with Crippen LogP contribution in [-0.4, -0.2) is 33.8 Å². The monoisotopic (exact) mass is 395 g/mol. The minimum Gasteiger partial charge on any atom is -0.323 e. The maximum Gasteiger partial charge on any atom is 0.254 e. The third-order valence-electron chi connectivity index (χ3n) is 4.34. The lowest BCUT2D eigenvalue weighted by Crippen LogP contribution is -2.65. The quantitative estimate of drug-likeness (QED) is 0.796. The molecule has 0 saturated carbocycles. The topological polar surface area (TPSA) is 53.5 Å². The largest absolute Gasteiger partial charge is 0.323 e. The molecule has 1 aromatic heterocycles. The normalized spacial score (nSPS) is 17.0. The van der Waals surface area contributed by atoms with Crippen LogP contribution in [0.4, 0.5) is 10.2 Å². The molecular formula is C18H16Cl2FN3O2. The van der Waals surface area contributed by atoms with Gasteiger partial charge in [-0.2, -0.15) is 0 Å². The first-order chi connectivity index (χ1) is 12.2. The predicted octanol–water partition coefficient (Wildman–Crippen LogP) is 3.68. The molecule has 0 bridgehead atoms. The number of aromatic nitrogens is 1. The number of halogens is 3. The summed E-state index contributed by atoms with van der Waals surface area (Å²) in [6, 6.07) is 8.10. The zero-order valence-electron chi connectivity index (χ0n) is 14.2. The van der Waals surface area contributed by atoms with Crippen LogP contribution in [-0.2, 0) is 16.1 Å². The second kappa shape index (κ2) is 6.85. The van der Waals surface area contributed by atoms with Crippen molar-refractivity contribution >= 4 is 40.8 Å². The van der Waals surface area contributed by atoms with Crippen molar-refractivity contribution in [3.8, 4) is 0 Å². The smallest absolute Gasteiger partial charge is 0.254 e. The third kappa shape index (κ3) is 3.39. The molecule has 0 unspecified atom stereocenters. The molecule has 0 N–H and O–H groups in total. The summed E-state index contributed by atoms with van der Waals surface area (Å²) >= 11 is 11.6. The van der Waals surface area contributed by atoms with Gasteiger partial charge in [0.1, 0.15) is 12.1 Å². The highest BCUT2D eigenvalue weighted by molar-refractivity contribution is 6.30. The molecule has 2 aromatic rings. The number of hydrogen-bond donors (Lipinski definition) is 0. The van der Waals surface area contributed by atoms with Crippen LogP contribution in [0.3, 0.4) is 0 Å². The van der Waals surface area contributed by atoms with Crippen molar-refractivity contribution in [2.24, 2.45) is 0 Å². The van der Waals surface area contributed by atoms with Gasteiger partial charge in [0.25, 0.3) is 5.91 Å². The second-order valence-electron chi connectivity index (χ2n) is 6.52. The summed E-state index contributed by atoms with van der Waals surface area (Å²) < 4.78 is 14.2. The molecule has 8 heteroatoms. The highest BCUT2D eigenvalue weighted by atomic mass is 35.5. The van der Waals surface area contributed by atoms with E-state index in [0.717, 1.165) is 16.5 Å². The van der Waals surface area contributed by atoms with Gasteiger partial charge in [-0.05, 0) is 37.6 Å². The van der Waals surface area contributed by atoms with E-state index < -0.39 is 17.3 Å². The maximum absolute atomic E-state index is 14.2. The molecule has 136 valence electrons. The number of nitrogens with zero attached hydrogens (tertiary/aromatic N) is 3. The summed E-state index contributed by atoms with van der Waals surface area (Å²) in [7, 11) is 0. The van der Waals surface area contributed by atoms with Gasteiger partial charge in [0, 0.05) is 17.8 Å². The van der Waals surface area contributed by atoms with Gasteiger partial charge in [-0.25, -0.2) is 9.37 Å². The summed E-state index contributed by atoms with van der Waals surface area (Å²) in [6.45, 7) is 3.22. The van der Waals surface area contributed by atoms with Crippen LogP contribution < -0.4 is 4.90 Å². The average Bonchev–Trinajstić information content (AvgIpc) is 2.57. The number of piperazine rings is 1. The molecule has 26 heavy (non-hydrogen) atoms. The van der Waals surface area contributed by atoms with E-state index in [2.05, 4.69) is 4.98 Å². The summed E-state index contributed by atoms with van der Waals surface area (Å²) in [6.07, 6.45) is 1.24. The van der Waals surface area contributed by atoms with E-state index in [1.165, 1.54) is 11.1 Å². The van der Waals surface area contributed by atoms with Crippen molar-refractivity contribution in [2.75, 3.05) is 11.4 Å². The Bertz CT molecular complexity index is 871.